The maximum absolute atomic E-state index is 11.6. The summed E-state index contributed by atoms with van der Waals surface area (Å²) >= 11 is 0. The SMILES string of the molecule is C=CCOC(=O)c1[nH]c(C)c(C(C)=O)c1C. The molecule has 1 aromatic rings. The van der Waals surface area contributed by atoms with Crippen molar-refractivity contribution >= 4 is 11.8 Å². The minimum absolute atomic E-state index is 0.0611. The van der Waals surface area contributed by atoms with Gasteiger partial charge in [-0.05, 0) is 26.3 Å². The number of H-pyrrole nitrogens is 1. The van der Waals surface area contributed by atoms with Gasteiger partial charge in [-0.3, -0.25) is 4.79 Å². The summed E-state index contributed by atoms with van der Waals surface area (Å²) in [5.41, 5.74) is 2.23. The number of aryl methyl sites for hydroxylation is 1. The molecule has 0 unspecified atom stereocenters. The number of rotatable bonds is 4. The number of ketones is 1. The second-order valence-corrected chi connectivity index (χ2v) is 3.57. The summed E-state index contributed by atoms with van der Waals surface area (Å²) in [5.74, 6) is -0.526. The fourth-order valence-electron chi connectivity index (χ4n) is 1.69. The second-order valence-electron chi connectivity index (χ2n) is 3.57. The van der Waals surface area contributed by atoms with Crippen LogP contribution in [0.15, 0.2) is 12.7 Å². The lowest BCUT2D eigenvalue weighted by Crippen LogP contribution is -2.07. The van der Waals surface area contributed by atoms with Gasteiger partial charge in [0, 0.05) is 11.3 Å². The molecule has 0 saturated heterocycles. The monoisotopic (exact) mass is 221 g/mol. The lowest BCUT2D eigenvalue weighted by molar-refractivity contribution is 0.0542. The third-order valence-electron chi connectivity index (χ3n) is 2.33. The van der Waals surface area contributed by atoms with Crippen LogP contribution < -0.4 is 0 Å². The summed E-state index contributed by atoms with van der Waals surface area (Å²) in [6.07, 6.45) is 1.49. The summed E-state index contributed by atoms with van der Waals surface area (Å²) in [6.45, 7) is 8.58. The summed E-state index contributed by atoms with van der Waals surface area (Å²) in [5, 5.41) is 0. The number of aromatic nitrogens is 1. The molecule has 1 rings (SSSR count). The van der Waals surface area contributed by atoms with Gasteiger partial charge < -0.3 is 9.72 Å². The predicted molar refractivity (Wildman–Crippen MR) is 60.8 cm³/mol. The third kappa shape index (κ3) is 2.21. The first-order valence-corrected chi connectivity index (χ1v) is 4.97. The lowest BCUT2D eigenvalue weighted by Gasteiger charge is -2.00. The first-order valence-electron chi connectivity index (χ1n) is 4.97. The number of nitrogens with one attached hydrogen (secondary N) is 1. The Hall–Kier alpha value is -1.84. The molecule has 4 heteroatoms. The molecule has 0 radical (unpaired) electrons. The Morgan fingerprint density at radius 3 is 2.50 bits per heavy atom. The molecule has 0 spiro atoms. The zero-order valence-electron chi connectivity index (χ0n) is 9.72. The Bertz CT molecular complexity index is 443. The van der Waals surface area contributed by atoms with Crippen molar-refractivity contribution in [3.05, 3.63) is 35.2 Å². The summed E-state index contributed by atoms with van der Waals surface area (Å²) in [6, 6.07) is 0. The Balaban J connectivity index is 3.07. The van der Waals surface area contributed by atoms with Crippen LogP contribution in [0.4, 0.5) is 0 Å². The molecule has 0 aliphatic carbocycles. The van der Waals surface area contributed by atoms with Crippen molar-refractivity contribution in [3.8, 4) is 0 Å². The van der Waals surface area contributed by atoms with Gasteiger partial charge >= 0.3 is 5.97 Å². The van der Waals surface area contributed by atoms with E-state index in [2.05, 4.69) is 11.6 Å². The number of Topliss-reactive ketones (excluding diaryl/α,β-unsaturated/α-hetero) is 1. The van der Waals surface area contributed by atoms with Crippen LogP contribution in [-0.4, -0.2) is 23.3 Å². The average Bonchev–Trinajstić information content (AvgIpc) is 2.50. The van der Waals surface area contributed by atoms with E-state index in [4.69, 9.17) is 4.74 Å². The van der Waals surface area contributed by atoms with E-state index in [0.717, 1.165) is 0 Å². The van der Waals surface area contributed by atoms with E-state index in [1.165, 1.54) is 13.0 Å². The number of hydrogen-bond acceptors (Lipinski definition) is 3. The van der Waals surface area contributed by atoms with E-state index in [1.54, 1.807) is 13.8 Å². The van der Waals surface area contributed by atoms with E-state index in [-0.39, 0.29) is 12.4 Å². The molecule has 0 atom stereocenters. The second kappa shape index (κ2) is 4.79. The molecule has 0 amide bonds. The van der Waals surface area contributed by atoms with Crippen LogP contribution in [-0.2, 0) is 4.74 Å². The van der Waals surface area contributed by atoms with E-state index >= 15 is 0 Å². The molecule has 1 aromatic heterocycles. The highest BCUT2D eigenvalue weighted by Gasteiger charge is 2.20. The molecule has 86 valence electrons. The lowest BCUT2D eigenvalue weighted by atomic mass is 10.1. The fourth-order valence-corrected chi connectivity index (χ4v) is 1.69. The molecule has 0 fully saturated rings. The quantitative estimate of drug-likeness (QED) is 0.481. The normalized spacial score (nSPS) is 9.94. The molecular formula is C12H15NO3. The topological polar surface area (TPSA) is 59.2 Å². The first kappa shape index (κ1) is 12.2. The minimum Gasteiger partial charge on any atom is -0.457 e. The maximum atomic E-state index is 11.6. The highest BCUT2D eigenvalue weighted by Crippen LogP contribution is 2.19. The number of hydrogen-bond donors (Lipinski definition) is 1. The predicted octanol–water partition coefficient (Wildman–Crippen LogP) is 2.18. The third-order valence-corrected chi connectivity index (χ3v) is 2.33. The molecule has 0 aromatic carbocycles. The van der Waals surface area contributed by atoms with Crippen molar-refractivity contribution < 1.29 is 14.3 Å². The summed E-state index contributed by atoms with van der Waals surface area (Å²) < 4.78 is 4.91. The van der Waals surface area contributed by atoms with Crippen molar-refractivity contribution in [1.29, 1.82) is 0 Å². The number of ether oxygens (including phenoxy) is 1. The Kier molecular flexibility index (Phi) is 3.66. The van der Waals surface area contributed by atoms with Gasteiger partial charge in [-0.1, -0.05) is 12.7 Å². The Morgan fingerprint density at radius 2 is 2.06 bits per heavy atom. The molecule has 0 bridgehead atoms. The standard InChI is InChI=1S/C12H15NO3/c1-5-6-16-12(15)11-7(2)10(9(4)14)8(3)13-11/h5,13H,1,6H2,2-4H3. The summed E-state index contributed by atoms with van der Waals surface area (Å²) in [7, 11) is 0. The van der Waals surface area contributed by atoms with Crippen LogP contribution in [0.1, 0.15) is 39.0 Å². The van der Waals surface area contributed by atoms with Crippen LogP contribution in [0.2, 0.25) is 0 Å². The van der Waals surface area contributed by atoms with Gasteiger partial charge in [0.2, 0.25) is 0 Å². The van der Waals surface area contributed by atoms with Crippen molar-refractivity contribution in [3.63, 3.8) is 0 Å². The average molecular weight is 221 g/mol. The van der Waals surface area contributed by atoms with Crippen LogP contribution >= 0.6 is 0 Å². The van der Waals surface area contributed by atoms with Gasteiger partial charge in [-0.25, -0.2) is 4.79 Å². The Labute approximate surface area is 94.3 Å². The van der Waals surface area contributed by atoms with Crippen molar-refractivity contribution in [1.82, 2.24) is 4.98 Å². The largest absolute Gasteiger partial charge is 0.457 e. The van der Waals surface area contributed by atoms with Gasteiger partial charge in [-0.2, -0.15) is 0 Å². The highest BCUT2D eigenvalue weighted by molar-refractivity contribution is 6.01. The smallest absolute Gasteiger partial charge is 0.355 e. The molecule has 4 nitrogen and oxygen atoms in total. The van der Waals surface area contributed by atoms with Crippen molar-refractivity contribution in [2.75, 3.05) is 6.61 Å². The zero-order chi connectivity index (χ0) is 12.3. The number of esters is 1. The first-order chi connectivity index (χ1) is 7.49. The van der Waals surface area contributed by atoms with Crippen molar-refractivity contribution in [2.45, 2.75) is 20.8 Å². The molecule has 1 heterocycles. The van der Waals surface area contributed by atoms with Gasteiger partial charge in [-0.15, -0.1) is 0 Å². The molecule has 0 aliphatic rings. The van der Waals surface area contributed by atoms with Gasteiger partial charge in [0.05, 0.1) is 0 Å². The van der Waals surface area contributed by atoms with E-state index in [1.807, 2.05) is 0 Å². The molecule has 1 N–H and O–H groups in total. The Morgan fingerprint density at radius 1 is 1.44 bits per heavy atom. The van der Waals surface area contributed by atoms with E-state index < -0.39 is 5.97 Å². The summed E-state index contributed by atoms with van der Waals surface area (Å²) in [4.78, 5) is 25.8. The zero-order valence-corrected chi connectivity index (χ0v) is 9.72. The molecular weight excluding hydrogens is 206 g/mol. The van der Waals surface area contributed by atoms with Gasteiger partial charge in [0.25, 0.3) is 0 Å². The number of aromatic amines is 1. The van der Waals surface area contributed by atoms with Crippen molar-refractivity contribution in [2.24, 2.45) is 0 Å². The molecule has 0 saturated carbocycles. The molecule has 16 heavy (non-hydrogen) atoms. The highest BCUT2D eigenvalue weighted by atomic mass is 16.5. The van der Waals surface area contributed by atoms with E-state index in [0.29, 0.717) is 22.5 Å². The maximum Gasteiger partial charge on any atom is 0.355 e. The van der Waals surface area contributed by atoms with E-state index in [9.17, 15) is 9.59 Å². The van der Waals surface area contributed by atoms with Crippen LogP contribution in [0, 0.1) is 13.8 Å². The number of carbonyl (C=O) groups excluding carboxylic acids is 2. The van der Waals surface area contributed by atoms with Gasteiger partial charge in [0.1, 0.15) is 12.3 Å². The van der Waals surface area contributed by atoms with Gasteiger partial charge in [0.15, 0.2) is 5.78 Å². The fraction of sp³-hybridized carbons (Fsp3) is 0.333. The minimum atomic E-state index is -0.465. The number of carbonyl (C=O) groups is 2. The van der Waals surface area contributed by atoms with Crippen LogP contribution in [0.3, 0.4) is 0 Å². The van der Waals surface area contributed by atoms with Crippen LogP contribution in [0.5, 0.6) is 0 Å². The molecule has 0 aliphatic heterocycles. The van der Waals surface area contributed by atoms with Crippen LogP contribution in [0.25, 0.3) is 0 Å².